The normalized spacial score (nSPS) is 23.9. The number of nitrogen functional groups attached to an aromatic ring is 1. The summed E-state index contributed by atoms with van der Waals surface area (Å²) < 4.78 is 66.7. The van der Waals surface area contributed by atoms with E-state index in [1.807, 2.05) is 0 Å². The smallest absolute Gasteiger partial charge is 0.459 e. The molecule has 18 heteroatoms. The zero-order valence-corrected chi connectivity index (χ0v) is 25.1. The molecule has 0 radical (unpaired) electrons. The fourth-order valence-corrected chi connectivity index (χ4v) is 6.38. The number of hydrogen-bond acceptors (Lipinski definition) is 12. The second-order valence-electron chi connectivity index (χ2n) is 10.7. The molecule has 0 spiro atoms. The number of rotatable bonds is 11. The molecular formula is C27H31F2N6O9P. The highest BCUT2D eigenvalue weighted by Crippen LogP contribution is 2.50. The van der Waals surface area contributed by atoms with Gasteiger partial charge in [0.25, 0.3) is 12.0 Å². The number of esters is 1. The fourth-order valence-electron chi connectivity index (χ4n) is 4.83. The standard InChI is InChI=1S/C27H31F2N6O9P/c1-13(2)42-24(39)14(3)34-45(40,44-17-10-6-8-15-7-4-5-9-16(15)17)41-11-27(25(28)29)20(37)19(36)23(43-27)35-12-31-18-21(35)32-26(30)33-22(18)38/h4-10,12-14,19-20,23,25,36-37H,11H2,1-3H3,(H,34,40)(H3,30,32,33,38)/t14-,19-,20-,23+,27+,45?/m0/s1. The molecule has 45 heavy (non-hydrogen) atoms. The summed E-state index contributed by atoms with van der Waals surface area (Å²) >= 11 is 0. The van der Waals surface area contributed by atoms with Crippen LogP contribution in [0.4, 0.5) is 14.7 Å². The van der Waals surface area contributed by atoms with E-state index in [0.29, 0.717) is 10.8 Å². The van der Waals surface area contributed by atoms with Crippen LogP contribution in [0.25, 0.3) is 21.9 Å². The number of ether oxygens (including phenoxy) is 2. The minimum absolute atomic E-state index is 0.0315. The maximum atomic E-state index is 14.8. The third-order valence-corrected chi connectivity index (χ3v) is 8.65. The minimum Gasteiger partial charge on any atom is -0.462 e. The van der Waals surface area contributed by atoms with Gasteiger partial charge in [-0.05, 0) is 32.2 Å². The number of anilines is 1. The van der Waals surface area contributed by atoms with E-state index in [-0.39, 0.29) is 22.9 Å². The number of aliphatic hydroxyl groups excluding tert-OH is 2. The number of alkyl halides is 2. The number of fused-ring (bicyclic) bond motifs is 2. The van der Waals surface area contributed by atoms with Crippen molar-refractivity contribution in [1.29, 1.82) is 0 Å². The summed E-state index contributed by atoms with van der Waals surface area (Å²) in [5.74, 6) is -1.13. The Hall–Kier alpha value is -3.99. The van der Waals surface area contributed by atoms with Crippen LogP contribution in [0.2, 0.25) is 0 Å². The number of imidazole rings is 1. The SMILES string of the molecule is CC(C)OC(=O)[C@H](C)NP(=O)(OC[C@@]1(C(F)F)O[C@@H](n2cnc3c(=O)[nH]c(N)nc32)[C@@H](O)[C@@H]1O)Oc1cccc2ccccc12. The Morgan fingerprint density at radius 2 is 1.93 bits per heavy atom. The predicted molar refractivity (Wildman–Crippen MR) is 155 cm³/mol. The van der Waals surface area contributed by atoms with E-state index in [9.17, 15) is 33.1 Å². The maximum absolute atomic E-state index is 14.8. The lowest BCUT2D eigenvalue weighted by atomic mass is 9.96. The van der Waals surface area contributed by atoms with Gasteiger partial charge < -0.3 is 29.9 Å². The highest BCUT2D eigenvalue weighted by molar-refractivity contribution is 7.52. The van der Waals surface area contributed by atoms with Gasteiger partial charge >= 0.3 is 13.7 Å². The molecule has 1 aliphatic rings. The molecule has 5 rings (SSSR count). The number of carbonyl (C=O) groups is 1. The van der Waals surface area contributed by atoms with Crippen molar-refractivity contribution in [3.63, 3.8) is 0 Å². The van der Waals surface area contributed by atoms with Gasteiger partial charge in [0.2, 0.25) is 5.95 Å². The van der Waals surface area contributed by atoms with Crippen molar-refractivity contribution >= 4 is 41.6 Å². The average molecular weight is 653 g/mol. The van der Waals surface area contributed by atoms with Crippen LogP contribution in [0.1, 0.15) is 27.0 Å². The van der Waals surface area contributed by atoms with Gasteiger partial charge in [-0.25, -0.2) is 18.3 Å². The van der Waals surface area contributed by atoms with E-state index < -0.39 is 68.5 Å². The van der Waals surface area contributed by atoms with Gasteiger partial charge in [0.15, 0.2) is 23.0 Å². The van der Waals surface area contributed by atoms with Crippen molar-refractivity contribution in [2.75, 3.05) is 12.3 Å². The Morgan fingerprint density at radius 1 is 1.22 bits per heavy atom. The highest BCUT2D eigenvalue weighted by atomic mass is 31.2. The van der Waals surface area contributed by atoms with E-state index in [0.717, 1.165) is 10.9 Å². The number of aliphatic hydroxyl groups is 2. The average Bonchev–Trinajstić information content (AvgIpc) is 3.51. The van der Waals surface area contributed by atoms with Crippen molar-refractivity contribution in [3.05, 3.63) is 59.1 Å². The van der Waals surface area contributed by atoms with Gasteiger partial charge in [-0.15, -0.1) is 0 Å². The third kappa shape index (κ3) is 6.27. The number of nitrogens with zero attached hydrogens (tertiary/aromatic N) is 3. The Bertz CT molecular complexity index is 1820. The van der Waals surface area contributed by atoms with Crippen molar-refractivity contribution in [2.24, 2.45) is 0 Å². The van der Waals surface area contributed by atoms with Crippen LogP contribution in [0.3, 0.4) is 0 Å². The van der Waals surface area contributed by atoms with Gasteiger partial charge in [0.1, 0.15) is 24.0 Å². The van der Waals surface area contributed by atoms with Crippen LogP contribution in [0, 0.1) is 0 Å². The Labute approximate surface area is 253 Å². The Balaban J connectivity index is 1.48. The molecule has 1 fully saturated rings. The Morgan fingerprint density at radius 3 is 2.64 bits per heavy atom. The first-order chi connectivity index (χ1) is 21.2. The lowest BCUT2D eigenvalue weighted by molar-refractivity contribution is -0.191. The van der Waals surface area contributed by atoms with Gasteiger partial charge in [-0.2, -0.15) is 10.1 Å². The largest absolute Gasteiger partial charge is 0.462 e. The topological polar surface area (TPSA) is 213 Å². The van der Waals surface area contributed by atoms with E-state index in [1.165, 1.54) is 13.0 Å². The molecule has 242 valence electrons. The number of aromatic nitrogens is 4. The van der Waals surface area contributed by atoms with E-state index in [1.54, 1.807) is 50.2 Å². The second-order valence-corrected chi connectivity index (χ2v) is 12.3. The summed E-state index contributed by atoms with van der Waals surface area (Å²) in [7, 11) is -4.76. The summed E-state index contributed by atoms with van der Waals surface area (Å²) in [5.41, 5.74) is 1.42. The molecule has 15 nitrogen and oxygen atoms in total. The van der Waals surface area contributed by atoms with E-state index in [4.69, 9.17) is 24.3 Å². The zero-order chi connectivity index (χ0) is 32.7. The summed E-state index contributed by atoms with van der Waals surface area (Å²) in [6.45, 7) is 3.21. The van der Waals surface area contributed by atoms with Crippen LogP contribution in [0.15, 0.2) is 53.6 Å². The summed E-state index contributed by atoms with van der Waals surface area (Å²) in [4.78, 5) is 34.8. The van der Waals surface area contributed by atoms with Gasteiger partial charge in [-0.3, -0.25) is 23.7 Å². The number of carbonyl (C=O) groups excluding carboxylic acids is 1. The highest BCUT2D eigenvalue weighted by Gasteiger charge is 2.61. The number of hydrogen-bond donors (Lipinski definition) is 5. The molecule has 1 aliphatic heterocycles. The number of nitrogens with two attached hydrogens (primary N) is 1. The maximum Gasteiger partial charge on any atom is 0.459 e. The minimum atomic E-state index is -4.76. The molecule has 0 bridgehead atoms. The van der Waals surface area contributed by atoms with Gasteiger partial charge in [-0.1, -0.05) is 36.4 Å². The molecule has 0 amide bonds. The first-order valence-electron chi connectivity index (χ1n) is 13.7. The lowest BCUT2D eigenvalue weighted by Crippen LogP contribution is -2.53. The molecule has 6 atom stereocenters. The van der Waals surface area contributed by atoms with Crippen molar-refractivity contribution in [2.45, 2.75) is 63.4 Å². The monoisotopic (exact) mass is 652 g/mol. The number of benzene rings is 2. The number of halogens is 2. The molecule has 1 saturated heterocycles. The van der Waals surface area contributed by atoms with Gasteiger partial charge in [0.05, 0.1) is 19.0 Å². The first kappa shape index (κ1) is 32.4. The van der Waals surface area contributed by atoms with Crippen LogP contribution < -0.4 is 20.9 Å². The number of H-pyrrole nitrogens is 1. The summed E-state index contributed by atoms with van der Waals surface area (Å²) in [5, 5.41) is 25.4. The molecule has 0 aliphatic carbocycles. The Kier molecular flexibility index (Phi) is 8.95. The molecule has 3 heterocycles. The van der Waals surface area contributed by atoms with E-state index >= 15 is 0 Å². The van der Waals surface area contributed by atoms with E-state index in [2.05, 4.69) is 20.0 Å². The van der Waals surface area contributed by atoms with Crippen LogP contribution in [-0.4, -0.2) is 78.7 Å². The molecule has 4 aromatic rings. The summed E-state index contributed by atoms with van der Waals surface area (Å²) in [6, 6.07) is 10.4. The molecular weight excluding hydrogens is 621 g/mol. The van der Waals surface area contributed by atoms with Crippen molar-refractivity contribution in [3.8, 4) is 5.75 Å². The quantitative estimate of drug-likeness (QED) is 0.116. The van der Waals surface area contributed by atoms with Crippen LogP contribution >= 0.6 is 7.75 Å². The molecule has 2 aromatic heterocycles. The van der Waals surface area contributed by atoms with Crippen molar-refractivity contribution in [1.82, 2.24) is 24.6 Å². The van der Waals surface area contributed by atoms with Crippen molar-refractivity contribution < 1.29 is 46.9 Å². The van der Waals surface area contributed by atoms with Gasteiger partial charge in [0, 0.05) is 5.39 Å². The zero-order valence-electron chi connectivity index (χ0n) is 24.2. The number of nitrogens with one attached hydrogen (secondary N) is 2. The fraction of sp³-hybridized carbons (Fsp3) is 0.407. The molecule has 6 N–H and O–H groups in total. The van der Waals surface area contributed by atoms with Crippen LogP contribution in [0.5, 0.6) is 5.75 Å². The predicted octanol–water partition coefficient (Wildman–Crippen LogP) is 2.24. The first-order valence-corrected chi connectivity index (χ1v) is 15.2. The molecule has 2 aromatic carbocycles. The lowest BCUT2D eigenvalue weighted by Gasteiger charge is -2.32. The summed E-state index contributed by atoms with van der Waals surface area (Å²) in [6.07, 6.45) is -9.18. The third-order valence-electron chi connectivity index (χ3n) is 7.04. The number of aromatic amines is 1. The molecule has 1 unspecified atom stereocenters. The second kappa shape index (κ2) is 12.4. The van der Waals surface area contributed by atoms with Crippen LogP contribution in [-0.2, 0) is 23.4 Å². The molecule has 0 saturated carbocycles.